The standard InChI is InChI=1S/C20H21N3O3S/c1-25-16-7-2-6-15(11-16)23-9-3-5-14(12-23)21-19(24)17-13-27-20(22-17)18-8-4-10-26-18/h2,4,6-8,10-11,13-14H,3,5,9,12H2,1H3,(H,21,24). The molecule has 27 heavy (non-hydrogen) atoms. The van der Waals surface area contributed by atoms with E-state index in [0.29, 0.717) is 16.5 Å². The van der Waals surface area contributed by atoms with Crippen molar-refractivity contribution in [3.05, 3.63) is 53.7 Å². The van der Waals surface area contributed by atoms with Gasteiger partial charge in [-0.2, -0.15) is 0 Å². The molecule has 1 aliphatic heterocycles. The summed E-state index contributed by atoms with van der Waals surface area (Å²) in [7, 11) is 1.67. The summed E-state index contributed by atoms with van der Waals surface area (Å²) in [4.78, 5) is 19.3. The van der Waals surface area contributed by atoms with E-state index in [0.717, 1.165) is 37.4 Å². The number of amides is 1. The average Bonchev–Trinajstić information content (AvgIpc) is 3.40. The van der Waals surface area contributed by atoms with Gasteiger partial charge < -0.3 is 19.4 Å². The number of thiazole rings is 1. The van der Waals surface area contributed by atoms with Gasteiger partial charge in [0.25, 0.3) is 5.91 Å². The first kappa shape index (κ1) is 17.6. The summed E-state index contributed by atoms with van der Waals surface area (Å²) in [5.41, 5.74) is 1.55. The van der Waals surface area contributed by atoms with Crippen molar-refractivity contribution < 1.29 is 13.9 Å². The van der Waals surface area contributed by atoms with Gasteiger partial charge in [0, 0.05) is 36.3 Å². The molecule has 1 aliphatic rings. The van der Waals surface area contributed by atoms with Crippen molar-refractivity contribution in [3.63, 3.8) is 0 Å². The van der Waals surface area contributed by atoms with Crippen LogP contribution in [0.1, 0.15) is 23.3 Å². The number of aromatic nitrogens is 1. The molecule has 0 saturated carbocycles. The van der Waals surface area contributed by atoms with E-state index < -0.39 is 0 Å². The number of hydrogen-bond donors (Lipinski definition) is 1. The molecular weight excluding hydrogens is 362 g/mol. The van der Waals surface area contributed by atoms with E-state index in [9.17, 15) is 4.79 Å². The van der Waals surface area contributed by atoms with Gasteiger partial charge in [0.15, 0.2) is 10.8 Å². The summed E-state index contributed by atoms with van der Waals surface area (Å²) in [6.07, 6.45) is 3.59. The van der Waals surface area contributed by atoms with Crippen LogP contribution in [-0.4, -0.2) is 37.1 Å². The van der Waals surface area contributed by atoms with Crippen LogP contribution < -0.4 is 15.0 Å². The van der Waals surface area contributed by atoms with E-state index in [1.807, 2.05) is 30.3 Å². The summed E-state index contributed by atoms with van der Waals surface area (Å²) in [5, 5.41) is 5.61. The molecule has 1 unspecified atom stereocenters. The second kappa shape index (κ2) is 7.84. The number of hydrogen-bond acceptors (Lipinski definition) is 6. The zero-order chi connectivity index (χ0) is 18.6. The number of anilines is 1. The molecule has 3 heterocycles. The fraction of sp³-hybridized carbons (Fsp3) is 0.300. The van der Waals surface area contributed by atoms with Crippen molar-refractivity contribution in [1.82, 2.24) is 10.3 Å². The third-order valence-electron chi connectivity index (χ3n) is 4.64. The Kier molecular flexibility index (Phi) is 5.11. The van der Waals surface area contributed by atoms with Crippen LogP contribution in [0.5, 0.6) is 5.75 Å². The van der Waals surface area contributed by atoms with Gasteiger partial charge in [-0.15, -0.1) is 11.3 Å². The number of ether oxygens (including phenoxy) is 1. The van der Waals surface area contributed by atoms with Crippen molar-refractivity contribution in [1.29, 1.82) is 0 Å². The highest BCUT2D eigenvalue weighted by molar-refractivity contribution is 7.13. The van der Waals surface area contributed by atoms with Crippen molar-refractivity contribution in [3.8, 4) is 16.5 Å². The summed E-state index contributed by atoms with van der Waals surface area (Å²) in [5.74, 6) is 1.38. The molecule has 4 rings (SSSR count). The average molecular weight is 383 g/mol. The topological polar surface area (TPSA) is 67.6 Å². The van der Waals surface area contributed by atoms with Crippen LogP contribution in [0.25, 0.3) is 10.8 Å². The van der Waals surface area contributed by atoms with Gasteiger partial charge in [0.05, 0.1) is 13.4 Å². The summed E-state index contributed by atoms with van der Waals surface area (Å²) < 4.78 is 10.7. The third kappa shape index (κ3) is 3.98. The molecule has 1 fully saturated rings. The quantitative estimate of drug-likeness (QED) is 0.726. The van der Waals surface area contributed by atoms with Crippen LogP contribution in [0.4, 0.5) is 5.69 Å². The number of rotatable bonds is 5. The molecule has 140 valence electrons. The number of nitrogens with zero attached hydrogens (tertiary/aromatic N) is 2. The lowest BCUT2D eigenvalue weighted by Crippen LogP contribution is -2.47. The molecule has 6 nitrogen and oxygen atoms in total. The Balaban J connectivity index is 1.41. The zero-order valence-corrected chi connectivity index (χ0v) is 15.9. The van der Waals surface area contributed by atoms with E-state index >= 15 is 0 Å². The minimum Gasteiger partial charge on any atom is -0.497 e. The molecule has 0 spiro atoms. The van der Waals surface area contributed by atoms with E-state index in [-0.39, 0.29) is 11.9 Å². The molecule has 1 amide bonds. The maximum Gasteiger partial charge on any atom is 0.271 e. The summed E-state index contributed by atoms with van der Waals surface area (Å²) >= 11 is 1.41. The Bertz CT molecular complexity index is 907. The first-order chi connectivity index (χ1) is 13.2. The highest BCUT2D eigenvalue weighted by Gasteiger charge is 2.23. The number of furan rings is 1. The number of nitrogens with one attached hydrogen (secondary N) is 1. The lowest BCUT2D eigenvalue weighted by atomic mass is 10.0. The largest absolute Gasteiger partial charge is 0.497 e. The van der Waals surface area contributed by atoms with E-state index in [2.05, 4.69) is 21.3 Å². The molecule has 0 aliphatic carbocycles. The van der Waals surface area contributed by atoms with Crippen LogP contribution in [0, 0.1) is 0 Å². The van der Waals surface area contributed by atoms with E-state index in [1.54, 1.807) is 18.8 Å². The number of carbonyl (C=O) groups is 1. The van der Waals surface area contributed by atoms with Crippen LogP contribution >= 0.6 is 11.3 Å². The van der Waals surface area contributed by atoms with Gasteiger partial charge >= 0.3 is 0 Å². The molecule has 1 saturated heterocycles. The lowest BCUT2D eigenvalue weighted by Gasteiger charge is -2.34. The van der Waals surface area contributed by atoms with Gasteiger partial charge in [0.2, 0.25) is 0 Å². The second-order valence-corrected chi connectivity index (χ2v) is 7.33. The molecule has 0 bridgehead atoms. The minimum atomic E-state index is -0.137. The van der Waals surface area contributed by atoms with E-state index in [1.165, 1.54) is 11.3 Å². The monoisotopic (exact) mass is 383 g/mol. The number of piperidine rings is 1. The Hall–Kier alpha value is -2.80. The number of carbonyl (C=O) groups excluding carboxylic acids is 1. The van der Waals surface area contributed by atoms with Gasteiger partial charge in [0.1, 0.15) is 11.4 Å². The fourth-order valence-electron chi connectivity index (χ4n) is 3.29. The smallest absolute Gasteiger partial charge is 0.271 e. The normalized spacial score (nSPS) is 16.9. The SMILES string of the molecule is COc1cccc(N2CCCC(NC(=O)c3csc(-c4ccco4)n3)C2)c1. The van der Waals surface area contributed by atoms with Crippen molar-refractivity contribution >= 4 is 22.9 Å². The zero-order valence-electron chi connectivity index (χ0n) is 15.1. The van der Waals surface area contributed by atoms with Crippen LogP contribution in [0.2, 0.25) is 0 Å². The summed E-state index contributed by atoms with van der Waals surface area (Å²) in [6.45, 7) is 1.74. The predicted molar refractivity (Wildman–Crippen MR) is 106 cm³/mol. The van der Waals surface area contributed by atoms with Crippen LogP contribution in [0.3, 0.4) is 0 Å². The molecule has 1 N–H and O–H groups in total. The van der Waals surface area contributed by atoms with Gasteiger partial charge in [-0.05, 0) is 37.1 Å². The minimum absolute atomic E-state index is 0.0891. The van der Waals surface area contributed by atoms with Crippen molar-refractivity contribution in [2.75, 3.05) is 25.1 Å². The predicted octanol–water partition coefficient (Wildman–Crippen LogP) is 3.81. The molecule has 2 aromatic heterocycles. The lowest BCUT2D eigenvalue weighted by molar-refractivity contribution is 0.0929. The molecule has 1 atom stereocenters. The van der Waals surface area contributed by atoms with Crippen molar-refractivity contribution in [2.45, 2.75) is 18.9 Å². The van der Waals surface area contributed by atoms with E-state index in [4.69, 9.17) is 9.15 Å². The third-order valence-corrected chi connectivity index (χ3v) is 5.50. The molecular formula is C20H21N3O3S. The second-order valence-electron chi connectivity index (χ2n) is 6.48. The Labute approximate surface area is 161 Å². The Morgan fingerprint density at radius 1 is 1.37 bits per heavy atom. The molecule has 7 heteroatoms. The van der Waals surface area contributed by atoms with Crippen molar-refractivity contribution in [2.24, 2.45) is 0 Å². The molecule has 3 aromatic rings. The number of benzene rings is 1. The highest BCUT2D eigenvalue weighted by Crippen LogP contribution is 2.26. The van der Waals surface area contributed by atoms with Crippen LogP contribution in [0.15, 0.2) is 52.5 Å². The highest BCUT2D eigenvalue weighted by atomic mass is 32.1. The number of methoxy groups -OCH3 is 1. The van der Waals surface area contributed by atoms with Gasteiger partial charge in [-0.25, -0.2) is 4.98 Å². The maximum absolute atomic E-state index is 12.6. The fourth-order valence-corrected chi connectivity index (χ4v) is 4.05. The van der Waals surface area contributed by atoms with Gasteiger partial charge in [-0.3, -0.25) is 4.79 Å². The van der Waals surface area contributed by atoms with Gasteiger partial charge in [-0.1, -0.05) is 6.07 Å². The Morgan fingerprint density at radius 3 is 3.11 bits per heavy atom. The summed E-state index contributed by atoms with van der Waals surface area (Å²) in [6, 6.07) is 11.8. The molecule has 0 radical (unpaired) electrons. The molecule has 1 aromatic carbocycles. The first-order valence-corrected chi connectivity index (χ1v) is 9.80. The first-order valence-electron chi connectivity index (χ1n) is 8.92. The van der Waals surface area contributed by atoms with Crippen LogP contribution in [-0.2, 0) is 0 Å². The maximum atomic E-state index is 12.6. The Morgan fingerprint density at radius 2 is 2.30 bits per heavy atom.